The highest BCUT2D eigenvalue weighted by molar-refractivity contribution is 6.23. The van der Waals surface area contributed by atoms with E-state index in [-0.39, 0.29) is 0 Å². The molecule has 0 radical (unpaired) electrons. The molecule has 0 fully saturated rings. The average molecular weight is 779 g/mol. The van der Waals surface area contributed by atoms with Gasteiger partial charge in [0.2, 0.25) is 0 Å². The van der Waals surface area contributed by atoms with Crippen LogP contribution in [0.25, 0.3) is 93.6 Å². The van der Waals surface area contributed by atoms with E-state index in [1.807, 2.05) is 6.07 Å². The molecule has 286 valence electrons. The van der Waals surface area contributed by atoms with Crippen LogP contribution >= 0.6 is 0 Å². The Morgan fingerprint density at radius 2 is 0.918 bits per heavy atom. The molecule has 0 bridgehead atoms. The zero-order valence-corrected chi connectivity index (χ0v) is 33.2. The van der Waals surface area contributed by atoms with Crippen molar-refractivity contribution in [1.29, 1.82) is 0 Å². The van der Waals surface area contributed by atoms with Gasteiger partial charge in [-0.05, 0) is 117 Å². The standard InChI is InChI=1S/C58H38N2O/c1-3-15-39(16-4-1)40-29-32-47(33-30-40)59(55-38-45-17-7-8-24-49(45)57-51-26-10-12-28-56(51)61-58(55)57)48-23-14-20-43(36-48)41-18-13-19-42(35-41)44-31-34-54-52(37-44)50-25-9-11-27-53(50)60(54)46-21-5-2-6-22-46/h1-38H. The van der Waals surface area contributed by atoms with Crippen LogP contribution in [0.1, 0.15) is 0 Å². The van der Waals surface area contributed by atoms with Gasteiger partial charge < -0.3 is 13.9 Å². The van der Waals surface area contributed by atoms with Crippen LogP contribution in [0.2, 0.25) is 0 Å². The minimum absolute atomic E-state index is 0.864. The maximum Gasteiger partial charge on any atom is 0.160 e. The van der Waals surface area contributed by atoms with Crippen LogP contribution in [0.15, 0.2) is 235 Å². The second kappa shape index (κ2) is 14.3. The number of anilines is 3. The Morgan fingerprint density at radius 3 is 1.72 bits per heavy atom. The first-order chi connectivity index (χ1) is 30.2. The normalized spacial score (nSPS) is 11.6. The highest BCUT2D eigenvalue weighted by Gasteiger charge is 2.22. The van der Waals surface area contributed by atoms with E-state index in [2.05, 4.69) is 234 Å². The van der Waals surface area contributed by atoms with Crippen LogP contribution in [-0.2, 0) is 0 Å². The molecular formula is C58H38N2O. The quantitative estimate of drug-likeness (QED) is 0.161. The average Bonchev–Trinajstić information content (AvgIpc) is 3.89. The fourth-order valence-corrected chi connectivity index (χ4v) is 9.29. The third-order valence-electron chi connectivity index (χ3n) is 12.1. The van der Waals surface area contributed by atoms with Crippen molar-refractivity contribution in [3.8, 4) is 39.1 Å². The predicted molar refractivity (Wildman–Crippen MR) is 257 cm³/mol. The molecule has 0 unspecified atom stereocenters. The molecular weight excluding hydrogens is 741 g/mol. The molecule has 0 saturated heterocycles. The van der Waals surface area contributed by atoms with E-state index in [0.717, 1.165) is 61.2 Å². The molecule has 61 heavy (non-hydrogen) atoms. The van der Waals surface area contributed by atoms with Crippen molar-refractivity contribution in [2.45, 2.75) is 0 Å². The minimum Gasteiger partial charge on any atom is -0.454 e. The molecule has 0 amide bonds. The summed E-state index contributed by atoms with van der Waals surface area (Å²) in [7, 11) is 0. The van der Waals surface area contributed by atoms with E-state index in [1.165, 1.54) is 49.4 Å². The molecule has 2 heterocycles. The lowest BCUT2D eigenvalue weighted by Gasteiger charge is -2.27. The van der Waals surface area contributed by atoms with E-state index in [4.69, 9.17) is 4.42 Å². The molecule has 12 aromatic rings. The number of benzene rings is 10. The van der Waals surface area contributed by atoms with Crippen LogP contribution in [-0.4, -0.2) is 4.57 Å². The Kier molecular flexibility index (Phi) is 8.17. The Hall–Kier alpha value is -8.14. The molecule has 0 aliphatic rings. The van der Waals surface area contributed by atoms with Gasteiger partial charge in [0.1, 0.15) is 5.58 Å². The van der Waals surface area contributed by atoms with Gasteiger partial charge in [0, 0.05) is 38.6 Å². The lowest BCUT2D eigenvalue weighted by Crippen LogP contribution is -2.10. The number of hydrogen-bond donors (Lipinski definition) is 0. The SMILES string of the molecule is c1ccc(-c2ccc(N(c3cccc(-c4cccc(-c5ccc6c(c5)c5ccccc5n6-c5ccccc5)c4)c3)c3cc4ccccc4c4c3oc3ccccc34)cc2)cc1. The third-order valence-corrected chi connectivity index (χ3v) is 12.1. The van der Waals surface area contributed by atoms with E-state index in [9.17, 15) is 0 Å². The second-order valence-electron chi connectivity index (χ2n) is 15.7. The van der Waals surface area contributed by atoms with Crippen molar-refractivity contribution < 1.29 is 4.42 Å². The fourth-order valence-electron chi connectivity index (χ4n) is 9.29. The first kappa shape index (κ1) is 34.9. The summed E-state index contributed by atoms with van der Waals surface area (Å²) in [6.45, 7) is 0. The van der Waals surface area contributed by atoms with Crippen LogP contribution in [0.4, 0.5) is 17.1 Å². The molecule has 3 heteroatoms. The van der Waals surface area contributed by atoms with Gasteiger partial charge in [-0.3, -0.25) is 0 Å². The summed E-state index contributed by atoms with van der Waals surface area (Å²) in [5.74, 6) is 0. The maximum absolute atomic E-state index is 6.83. The number of para-hydroxylation sites is 3. The zero-order chi connectivity index (χ0) is 40.3. The number of furan rings is 1. The van der Waals surface area contributed by atoms with Crippen molar-refractivity contribution in [3.63, 3.8) is 0 Å². The molecule has 10 aromatic carbocycles. The number of aromatic nitrogens is 1. The molecule has 0 N–H and O–H groups in total. The molecule has 12 rings (SSSR count). The molecule has 2 aromatic heterocycles. The van der Waals surface area contributed by atoms with Gasteiger partial charge in [-0.1, -0.05) is 158 Å². The molecule has 3 nitrogen and oxygen atoms in total. The number of hydrogen-bond acceptors (Lipinski definition) is 2. The lowest BCUT2D eigenvalue weighted by molar-refractivity contribution is 0.669. The Morgan fingerprint density at radius 1 is 0.344 bits per heavy atom. The van der Waals surface area contributed by atoms with E-state index < -0.39 is 0 Å². The number of fused-ring (bicyclic) bond motifs is 8. The van der Waals surface area contributed by atoms with Gasteiger partial charge in [-0.2, -0.15) is 0 Å². The van der Waals surface area contributed by atoms with E-state index >= 15 is 0 Å². The Balaban J connectivity index is 1.00. The van der Waals surface area contributed by atoms with E-state index in [1.54, 1.807) is 0 Å². The topological polar surface area (TPSA) is 21.3 Å². The Labute approximate surface area is 353 Å². The molecule has 0 atom stereocenters. The first-order valence-electron chi connectivity index (χ1n) is 20.8. The smallest absolute Gasteiger partial charge is 0.160 e. The van der Waals surface area contributed by atoms with Gasteiger partial charge in [-0.25, -0.2) is 0 Å². The fraction of sp³-hybridized carbons (Fsp3) is 0. The summed E-state index contributed by atoms with van der Waals surface area (Å²) in [6, 6.07) is 82.8. The molecule has 0 saturated carbocycles. The van der Waals surface area contributed by atoms with Crippen LogP contribution in [0.5, 0.6) is 0 Å². The summed E-state index contributed by atoms with van der Waals surface area (Å²) in [6.07, 6.45) is 0. The predicted octanol–water partition coefficient (Wildman–Crippen LogP) is 16.3. The zero-order valence-electron chi connectivity index (χ0n) is 33.2. The first-order valence-corrected chi connectivity index (χ1v) is 20.8. The summed E-state index contributed by atoms with van der Waals surface area (Å²) in [4.78, 5) is 2.36. The van der Waals surface area contributed by atoms with Gasteiger partial charge in [0.05, 0.1) is 16.7 Å². The van der Waals surface area contributed by atoms with E-state index in [0.29, 0.717) is 0 Å². The van der Waals surface area contributed by atoms with Crippen molar-refractivity contribution in [2.24, 2.45) is 0 Å². The number of rotatable bonds is 7. The van der Waals surface area contributed by atoms with Crippen LogP contribution in [0, 0.1) is 0 Å². The van der Waals surface area contributed by atoms with Crippen molar-refractivity contribution in [2.75, 3.05) is 4.90 Å². The molecule has 0 aliphatic heterocycles. The molecule has 0 spiro atoms. The van der Waals surface area contributed by atoms with Crippen molar-refractivity contribution in [1.82, 2.24) is 4.57 Å². The third kappa shape index (κ3) is 5.90. The highest BCUT2D eigenvalue weighted by Crippen LogP contribution is 2.46. The lowest BCUT2D eigenvalue weighted by atomic mass is 9.97. The molecule has 0 aliphatic carbocycles. The minimum atomic E-state index is 0.864. The summed E-state index contributed by atoms with van der Waals surface area (Å²) in [5, 5.41) is 7.07. The van der Waals surface area contributed by atoms with Crippen molar-refractivity contribution in [3.05, 3.63) is 231 Å². The monoisotopic (exact) mass is 778 g/mol. The maximum atomic E-state index is 6.83. The highest BCUT2D eigenvalue weighted by atomic mass is 16.3. The van der Waals surface area contributed by atoms with Crippen LogP contribution in [0.3, 0.4) is 0 Å². The summed E-state index contributed by atoms with van der Waals surface area (Å²) >= 11 is 0. The van der Waals surface area contributed by atoms with Gasteiger partial charge in [0.25, 0.3) is 0 Å². The van der Waals surface area contributed by atoms with Gasteiger partial charge in [-0.15, -0.1) is 0 Å². The summed E-state index contributed by atoms with van der Waals surface area (Å²) < 4.78 is 9.20. The Bertz CT molecular complexity index is 3580. The number of nitrogens with zero attached hydrogens (tertiary/aromatic N) is 2. The summed E-state index contributed by atoms with van der Waals surface area (Å²) in [5.41, 5.74) is 15.4. The largest absolute Gasteiger partial charge is 0.454 e. The van der Waals surface area contributed by atoms with Crippen molar-refractivity contribution >= 4 is 71.6 Å². The second-order valence-corrected chi connectivity index (χ2v) is 15.7. The van der Waals surface area contributed by atoms with Gasteiger partial charge in [0.15, 0.2) is 5.58 Å². The van der Waals surface area contributed by atoms with Crippen LogP contribution < -0.4 is 4.90 Å². The van der Waals surface area contributed by atoms with Gasteiger partial charge >= 0.3 is 0 Å².